The minimum absolute atomic E-state index is 0.122. The van der Waals surface area contributed by atoms with E-state index in [0.717, 1.165) is 89.9 Å². The Labute approximate surface area is 342 Å². The minimum Gasteiger partial charge on any atom is -0.462 e. The molecular formula is C50H78O6. The second-order valence-corrected chi connectivity index (χ2v) is 13.9. The van der Waals surface area contributed by atoms with Gasteiger partial charge in [-0.25, -0.2) is 0 Å². The van der Waals surface area contributed by atoms with Crippen molar-refractivity contribution in [2.75, 3.05) is 13.2 Å². The van der Waals surface area contributed by atoms with Gasteiger partial charge in [0.05, 0.1) is 0 Å². The summed E-state index contributed by atoms with van der Waals surface area (Å²) in [6.45, 7) is 6.22. The Hall–Kier alpha value is -3.93. The van der Waals surface area contributed by atoms with E-state index in [2.05, 4.69) is 93.7 Å². The van der Waals surface area contributed by atoms with Crippen LogP contribution in [0.15, 0.2) is 109 Å². The van der Waals surface area contributed by atoms with Crippen LogP contribution in [0, 0.1) is 0 Å². The first kappa shape index (κ1) is 52.1. The lowest BCUT2D eigenvalue weighted by Gasteiger charge is -2.18. The quantitative estimate of drug-likeness (QED) is 0.0206. The molecule has 56 heavy (non-hydrogen) atoms. The van der Waals surface area contributed by atoms with Crippen LogP contribution in [0.1, 0.15) is 168 Å². The molecule has 6 heteroatoms. The Morgan fingerprint density at radius 2 is 0.804 bits per heavy atom. The summed E-state index contributed by atoms with van der Waals surface area (Å²) in [6, 6.07) is 0. The highest BCUT2D eigenvalue weighted by atomic mass is 16.6. The third-order valence-electron chi connectivity index (χ3n) is 8.59. The molecule has 0 aliphatic rings. The largest absolute Gasteiger partial charge is 0.462 e. The molecule has 0 aromatic carbocycles. The second kappa shape index (κ2) is 43.8. The van der Waals surface area contributed by atoms with Crippen molar-refractivity contribution in [1.29, 1.82) is 0 Å². The van der Waals surface area contributed by atoms with Crippen LogP contribution in [0.2, 0.25) is 0 Å². The van der Waals surface area contributed by atoms with Crippen LogP contribution in [-0.4, -0.2) is 37.2 Å². The molecule has 0 radical (unpaired) electrons. The van der Waals surface area contributed by atoms with E-state index in [1.165, 1.54) is 25.7 Å². The number of unbranched alkanes of at least 4 members (excludes halogenated alkanes) is 11. The van der Waals surface area contributed by atoms with Crippen LogP contribution in [0.25, 0.3) is 0 Å². The molecule has 0 bridgehead atoms. The van der Waals surface area contributed by atoms with Gasteiger partial charge in [-0.2, -0.15) is 0 Å². The lowest BCUT2D eigenvalue weighted by Crippen LogP contribution is -2.30. The van der Waals surface area contributed by atoms with Gasteiger partial charge >= 0.3 is 17.9 Å². The van der Waals surface area contributed by atoms with Crippen LogP contribution in [0.4, 0.5) is 0 Å². The highest BCUT2D eigenvalue weighted by Crippen LogP contribution is 2.10. The molecule has 0 fully saturated rings. The number of hydrogen-bond donors (Lipinski definition) is 0. The maximum absolute atomic E-state index is 12.7. The fraction of sp³-hybridized carbons (Fsp3) is 0.580. The molecule has 0 aliphatic heterocycles. The van der Waals surface area contributed by atoms with E-state index in [1.807, 2.05) is 36.5 Å². The van der Waals surface area contributed by atoms with Gasteiger partial charge in [-0.1, -0.05) is 162 Å². The summed E-state index contributed by atoms with van der Waals surface area (Å²) in [5.41, 5.74) is 0. The van der Waals surface area contributed by atoms with Crippen molar-refractivity contribution >= 4 is 17.9 Å². The SMILES string of the molecule is CC\C=C/C=C\C=C/C=C\CCCCCC(=O)OC(COC(=O)CCC/C=C\CCCCCC)COC(=O)CCCCC/C=C\C/C=C\C/C=C\C/C=C\CC. The van der Waals surface area contributed by atoms with E-state index >= 15 is 0 Å². The molecule has 0 rings (SSSR count). The summed E-state index contributed by atoms with van der Waals surface area (Å²) in [5, 5.41) is 0. The Morgan fingerprint density at radius 3 is 1.36 bits per heavy atom. The van der Waals surface area contributed by atoms with Crippen molar-refractivity contribution in [3.63, 3.8) is 0 Å². The molecule has 0 saturated heterocycles. The molecule has 0 aromatic rings. The van der Waals surface area contributed by atoms with Gasteiger partial charge in [0, 0.05) is 19.3 Å². The van der Waals surface area contributed by atoms with Crippen LogP contribution in [0.3, 0.4) is 0 Å². The fourth-order valence-corrected chi connectivity index (χ4v) is 5.33. The minimum atomic E-state index is -0.821. The van der Waals surface area contributed by atoms with Gasteiger partial charge in [-0.3, -0.25) is 14.4 Å². The molecule has 0 spiro atoms. The Bertz CT molecular complexity index is 1210. The molecule has 0 heterocycles. The van der Waals surface area contributed by atoms with Crippen molar-refractivity contribution in [2.45, 2.75) is 175 Å². The first-order valence-corrected chi connectivity index (χ1v) is 21.9. The number of ether oxygens (including phenoxy) is 3. The highest BCUT2D eigenvalue weighted by molar-refractivity contribution is 5.71. The maximum atomic E-state index is 12.7. The summed E-state index contributed by atoms with van der Waals surface area (Å²) in [5.74, 6) is -1.04. The Balaban J connectivity index is 4.54. The van der Waals surface area contributed by atoms with E-state index in [-0.39, 0.29) is 37.5 Å². The summed E-state index contributed by atoms with van der Waals surface area (Å²) in [4.78, 5) is 37.6. The first-order chi connectivity index (χ1) is 27.5. The maximum Gasteiger partial charge on any atom is 0.306 e. The predicted molar refractivity (Wildman–Crippen MR) is 237 cm³/mol. The van der Waals surface area contributed by atoms with Crippen LogP contribution in [0.5, 0.6) is 0 Å². The number of carbonyl (C=O) groups is 3. The zero-order valence-corrected chi connectivity index (χ0v) is 35.6. The molecule has 0 saturated carbocycles. The van der Waals surface area contributed by atoms with E-state index < -0.39 is 6.10 Å². The summed E-state index contributed by atoms with van der Waals surface area (Å²) < 4.78 is 16.6. The van der Waals surface area contributed by atoms with Crippen molar-refractivity contribution in [2.24, 2.45) is 0 Å². The van der Waals surface area contributed by atoms with E-state index in [9.17, 15) is 14.4 Å². The molecule has 6 nitrogen and oxygen atoms in total. The average molecular weight is 775 g/mol. The van der Waals surface area contributed by atoms with Gasteiger partial charge < -0.3 is 14.2 Å². The van der Waals surface area contributed by atoms with Gasteiger partial charge in [-0.05, 0) is 96.3 Å². The smallest absolute Gasteiger partial charge is 0.306 e. The van der Waals surface area contributed by atoms with Gasteiger partial charge in [0.25, 0.3) is 0 Å². The molecule has 0 aromatic heterocycles. The Morgan fingerprint density at radius 1 is 0.393 bits per heavy atom. The molecule has 1 atom stereocenters. The van der Waals surface area contributed by atoms with E-state index in [1.54, 1.807) is 0 Å². The average Bonchev–Trinajstić information content (AvgIpc) is 3.19. The van der Waals surface area contributed by atoms with Crippen molar-refractivity contribution in [3.8, 4) is 0 Å². The van der Waals surface area contributed by atoms with Gasteiger partial charge in [0.1, 0.15) is 13.2 Å². The van der Waals surface area contributed by atoms with E-state index in [0.29, 0.717) is 25.7 Å². The first-order valence-electron chi connectivity index (χ1n) is 21.9. The molecule has 314 valence electrons. The Kier molecular flexibility index (Phi) is 40.7. The number of esters is 3. The van der Waals surface area contributed by atoms with Crippen molar-refractivity contribution < 1.29 is 28.6 Å². The molecular weight excluding hydrogens is 697 g/mol. The lowest BCUT2D eigenvalue weighted by molar-refractivity contribution is -0.167. The van der Waals surface area contributed by atoms with Crippen LogP contribution >= 0.6 is 0 Å². The molecule has 0 amide bonds. The summed E-state index contributed by atoms with van der Waals surface area (Å²) >= 11 is 0. The number of hydrogen-bond acceptors (Lipinski definition) is 6. The standard InChI is InChI=1S/C50H78O6/c1-4-7-10-13-16-19-21-23-24-25-27-28-31-34-37-40-43-49(52)55-46-47(45-54-48(51)42-39-36-33-30-18-15-12-9-6-3)56-50(53)44-41-38-35-32-29-26-22-20-17-14-11-8-5-2/h7-8,10-11,14,16-17,19-20,22-24,26-30,33,47H,4-6,9,12-13,15,18,21,25,31-32,34-46H2,1-3H3/b10-7-,11-8-,17-14-,19-16-,22-20-,24-23-,28-27-,29-26-,33-30-. The van der Waals surface area contributed by atoms with Gasteiger partial charge in [0.2, 0.25) is 0 Å². The topological polar surface area (TPSA) is 78.9 Å². The normalized spacial score (nSPS) is 13.1. The zero-order chi connectivity index (χ0) is 40.8. The van der Waals surface area contributed by atoms with Crippen molar-refractivity contribution in [3.05, 3.63) is 109 Å². The highest BCUT2D eigenvalue weighted by Gasteiger charge is 2.19. The summed E-state index contributed by atoms with van der Waals surface area (Å²) in [7, 11) is 0. The van der Waals surface area contributed by atoms with Crippen LogP contribution < -0.4 is 0 Å². The molecule has 0 N–H and O–H groups in total. The third-order valence-corrected chi connectivity index (χ3v) is 8.59. The van der Waals surface area contributed by atoms with E-state index in [4.69, 9.17) is 14.2 Å². The number of rotatable bonds is 37. The third kappa shape index (κ3) is 41.2. The molecule has 0 aliphatic carbocycles. The second-order valence-electron chi connectivity index (χ2n) is 13.9. The molecule has 1 unspecified atom stereocenters. The number of allylic oxidation sites excluding steroid dienone is 18. The fourth-order valence-electron chi connectivity index (χ4n) is 5.33. The zero-order valence-electron chi connectivity index (χ0n) is 35.6. The lowest BCUT2D eigenvalue weighted by atomic mass is 10.1. The summed E-state index contributed by atoms with van der Waals surface area (Å²) in [6.07, 6.45) is 58.0. The number of carbonyl (C=O) groups excluding carboxylic acids is 3. The van der Waals surface area contributed by atoms with Gasteiger partial charge in [-0.15, -0.1) is 0 Å². The van der Waals surface area contributed by atoms with Crippen LogP contribution in [-0.2, 0) is 28.6 Å². The van der Waals surface area contributed by atoms with Crippen molar-refractivity contribution in [1.82, 2.24) is 0 Å². The predicted octanol–water partition coefficient (Wildman–Crippen LogP) is 14.0. The van der Waals surface area contributed by atoms with Gasteiger partial charge in [0.15, 0.2) is 6.10 Å². The monoisotopic (exact) mass is 775 g/mol.